The summed E-state index contributed by atoms with van der Waals surface area (Å²) in [5, 5.41) is 14.5. The molecule has 2 aliphatic carbocycles. The number of hydrogen-bond donors (Lipinski definition) is 2. The van der Waals surface area contributed by atoms with Crippen LogP contribution in [-0.4, -0.2) is 55.4 Å². The summed E-state index contributed by atoms with van der Waals surface area (Å²) in [5.41, 5.74) is -0.419. The molecule has 2 fully saturated rings. The van der Waals surface area contributed by atoms with Crippen LogP contribution in [0.2, 0.25) is 0 Å². The zero-order valence-electron chi connectivity index (χ0n) is 22.0. The monoisotopic (exact) mass is 488 g/mol. The van der Waals surface area contributed by atoms with E-state index in [1.165, 1.54) is 0 Å². The van der Waals surface area contributed by atoms with Crippen LogP contribution in [0, 0.1) is 11.3 Å². The van der Waals surface area contributed by atoms with E-state index in [9.17, 15) is 14.7 Å². The summed E-state index contributed by atoms with van der Waals surface area (Å²) in [6.07, 6.45) is 8.40. The SMILES string of the molecule is CC(C)OC(=O)CC1(CNC(=O)Oc2cccc(C3(O)CCCCC3CN(C)C)c2)CCCCC1. The first-order valence-corrected chi connectivity index (χ1v) is 13.2. The Labute approximate surface area is 210 Å². The summed E-state index contributed by atoms with van der Waals surface area (Å²) in [7, 11) is 4.06. The molecule has 2 unspecified atom stereocenters. The number of esters is 1. The van der Waals surface area contributed by atoms with Gasteiger partial charge in [-0.25, -0.2) is 4.79 Å². The van der Waals surface area contributed by atoms with Crippen LogP contribution < -0.4 is 10.1 Å². The fraction of sp³-hybridized carbons (Fsp3) is 0.714. The Kier molecular flexibility index (Phi) is 9.59. The Morgan fingerprint density at radius 2 is 1.83 bits per heavy atom. The van der Waals surface area contributed by atoms with Gasteiger partial charge in [-0.2, -0.15) is 0 Å². The minimum atomic E-state index is -0.929. The lowest BCUT2D eigenvalue weighted by molar-refractivity contribution is -0.150. The molecule has 0 bridgehead atoms. The van der Waals surface area contributed by atoms with Gasteiger partial charge in [0.05, 0.1) is 18.1 Å². The van der Waals surface area contributed by atoms with E-state index in [1.54, 1.807) is 12.1 Å². The largest absolute Gasteiger partial charge is 0.463 e. The molecule has 0 spiro atoms. The van der Waals surface area contributed by atoms with Gasteiger partial charge in [-0.05, 0) is 76.7 Å². The highest BCUT2D eigenvalue weighted by atomic mass is 16.6. The maximum Gasteiger partial charge on any atom is 0.412 e. The Bertz CT molecular complexity index is 850. The molecule has 2 saturated carbocycles. The van der Waals surface area contributed by atoms with E-state index < -0.39 is 11.7 Å². The molecule has 1 amide bonds. The first-order valence-electron chi connectivity index (χ1n) is 13.2. The van der Waals surface area contributed by atoms with Crippen molar-refractivity contribution in [1.82, 2.24) is 10.2 Å². The number of amides is 1. The van der Waals surface area contributed by atoms with Gasteiger partial charge in [0, 0.05) is 19.0 Å². The number of aliphatic hydroxyl groups is 1. The summed E-state index contributed by atoms with van der Waals surface area (Å²) in [5.74, 6) is 0.337. The molecule has 0 saturated heterocycles. The Hall–Kier alpha value is -2.12. The maximum atomic E-state index is 12.7. The molecular formula is C28H44N2O5. The molecular weight excluding hydrogens is 444 g/mol. The normalized spacial score (nSPS) is 24.3. The predicted octanol–water partition coefficient (Wildman–Crippen LogP) is 5.01. The lowest BCUT2D eigenvalue weighted by Gasteiger charge is -2.41. The number of ether oxygens (including phenoxy) is 2. The second-order valence-electron chi connectivity index (χ2n) is 11.2. The average Bonchev–Trinajstić information content (AvgIpc) is 2.79. The van der Waals surface area contributed by atoms with E-state index in [4.69, 9.17) is 9.47 Å². The minimum Gasteiger partial charge on any atom is -0.463 e. The molecule has 0 aliphatic heterocycles. The molecule has 35 heavy (non-hydrogen) atoms. The van der Waals surface area contributed by atoms with E-state index in [0.29, 0.717) is 25.1 Å². The van der Waals surface area contributed by atoms with Crippen LogP contribution in [0.15, 0.2) is 24.3 Å². The summed E-state index contributed by atoms with van der Waals surface area (Å²) in [6, 6.07) is 7.30. The molecule has 2 aliphatic rings. The molecule has 0 aromatic heterocycles. The van der Waals surface area contributed by atoms with Gasteiger partial charge >= 0.3 is 12.1 Å². The van der Waals surface area contributed by atoms with Crippen molar-refractivity contribution >= 4 is 12.1 Å². The second kappa shape index (κ2) is 12.2. The van der Waals surface area contributed by atoms with Gasteiger partial charge < -0.3 is 24.8 Å². The van der Waals surface area contributed by atoms with Gasteiger partial charge in [-0.15, -0.1) is 0 Å². The third-order valence-electron chi connectivity index (χ3n) is 7.57. The summed E-state index contributed by atoms with van der Waals surface area (Å²) in [4.78, 5) is 27.2. The van der Waals surface area contributed by atoms with E-state index in [2.05, 4.69) is 10.2 Å². The smallest absolute Gasteiger partial charge is 0.412 e. The van der Waals surface area contributed by atoms with Crippen molar-refractivity contribution < 1.29 is 24.2 Å². The first-order chi connectivity index (χ1) is 16.6. The number of nitrogens with zero attached hydrogens (tertiary/aromatic N) is 1. The van der Waals surface area contributed by atoms with Crippen molar-refractivity contribution in [3.8, 4) is 5.75 Å². The van der Waals surface area contributed by atoms with Crippen molar-refractivity contribution in [3.63, 3.8) is 0 Å². The van der Waals surface area contributed by atoms with E-state index >= 15 is 0 Å². The first kappa shape index (κ1) is 27.5. The second-order valence-corrected chi connectivity index (χ2v) is 11.2. The number of carbonyl (C=O) groups is 2. The topological polar surface area (TPSA) is 88.1 Å². The van der Waals surface area contributed by atoms with Crippen molar-refractivity contribution in [2.75, 3.05) is 27.2 Å². The van der Waals surface area contributed by atoms with Crippen LogP contribution in [0.4, 0.5) is 4.79 Å². The summed E-state index contributed by atoms with van der Waals surface area (Å²) in [6.45, 7) is 4.89. The highest BCUT2D eigenvalue weighted by Crippen LogP contribution is 2.43. The molecule has 196 valence electrons. The van der Waals surface area contributed by atoms with Crippen molar-refractivity contribution in [1.29, 1.82) is 0 Å². The number of carbonyl (C=O) groups excluding carboxylic acids is 2. The Balaban J connectivity index is 1.64. The Morgan fingerprint density at radius 1 is 1.11 bits per heavy atom. The number of hydrogen-bond acceptors (Lipinski definition) is 6. The number of benzene rings is 1. The lowest BCUT2D eigenvalue weighted by Crippen LogP contribution is -2.43. The molecule has 2 N–H and O–H groups in total. The van der Waals surface area contributed by atoms with Crippen LogP contribution in [0.5, 0.6) is 5.75 Å². The summed E-state index contributed by atoms with van der Waals surface area (Å²) < 4.78 is 11.0. The van der Waals surface area contributed by atoms with Gasteiger partial charge in [0.1, 0.15) is 5.75 Å². The van der Waals surface area contributed by atoms with E-state index in [1.807, 2.05) is 40.1 Å². The molecule has 0 heterocycles. The van der Waals surface area contributed by atoms with Gasteiger partial charge in [0.25, 0.3) is 0 Å². The molecule has 3 rings (SSSR count). The van der Waals surface area contributed by atoms with E-state index in [-0.39, 0.29) is 23.4 Å². The van der Waals surface area contributed by atoms with Crippen molar-refractivity contribution in [2.24, 2.45) is 11.3 Å². The van der Waals surface area contributed by atoms with Gasteiger partial charge in [0.15, 0.2) is 0 Å². The molecule has 2 atom stereocenters. The molecule has 7 nitrogen and oxygen atoms in total. The Morgan fingerprint density at radius 3 is 2.51 bits per heavy atom. The molecule has 0 radical (unpaired) electrons. The van der Waals surface area contributed by atoms with Crippen LogP contribution in [0.3, 0.4) is 0 Å². The number of rotatable bonds is 9. The highest BCUT2D eigenvalue weighted by Gasteiger charge is 2.41. The van der Waals surface area contributed by atoms with Crippen LogP contribution in [0.25, 0.3) is 0 Å². The quantitative estimate of drug-likeness (QED) is 0.475. The average molecular weight is 489 g/mol. The zero-order chi connectivity index (χ0) is 25.5. The summed E-state index contributed by atoms with van der Waals surface area (Å²) >= 11 is 0. The van der Waals surface area contributed by atoms with Gasteiger partial charge in [-0.3, -0.25) is 4.79 Å². The van der Waals surface area contributed by atoms with Crippen LogP contribution in [-0.2, 0) is 15.1 Å². The van der Waals surface area contributed by atoms with Crippen LogP contribution in [0.1, 0.15) is 83.6 Å². The minimum absolute atomic E-state index is 0.132. The zero-order valence-corrected chi connectivity index (χ0v) is 22.0. The van der Waals surface area contributed by atoms with Crippen LogP contribution >= 0.6 is 0 Å². The highest BCUT2D eigenvalue weighted by molar-refractivity contribution is 5.72. The fourth-order valence-electron chi connectivity index (χ4n) is 5.85. The molecule has 1 aromatic carbocycles. The van der Waals surface area contributed by atoms with Crippen molar-refractivity contribution in [2.45, 2.75) is 89.8 Å². The molecule has 1 aromatic rings. The van der Waals surface area contributed by atoms with E-state index in [0.717, 1.165) is 63.5 Å². The third kappa shape index (κ3) is 7.68. The predicted molar refractivity (Wildman–Crippen MR) is 136 cm³/mol. The fourth-order valence-corrected chi connectivity index (χ4v) is 5.85. The standard InChI is InChI=1S/C28H44N2O5/c1-21(2)34-25(31)18-27(14-7-5-8-15-27)20-29-26(32)35-24-13-10-12-22(17-24)28(33)16-9-6-11-23(28)19-30(3)4/h10,12-13,17,21,23,33H,5-9,11,14-16,18-20H2,1-4H3,(H,29,32). The maximum absolute atomic E-state index is 12.7. The lowest BCUT2D eigenvalue weighted by atomic mass is 9.71. The number of nitrogens with one attached hydrogen (secondary N) is 1. The molecule has 7 heteroatoms. The third-order valence-corrected chi connectivity index (χ3v) is 7.57. The van der Waals surface area contributed by atoms with Gasteiger partial charge in [0.2, 0.25) is 0 Å². The van der Waals surface area contributed by atoms with Gasteiger partial charge in [-0.1, -0.05) is 44.2 Å². The van der Waals surface area contributed by atoms with Crippen molar-refractivity contribution in [3.05, 3.63) is 29.8 Å².